The van der Waals surface area contributed by atoms with E-state index in [9.17, 15) is 18.0 Å². The Bertz CT molecular complexity index is 2060. The summed E-state index contributed by atoms with van der Waals surface area (Å²) in [6.45, 7) is 3.28. The van der Waals surface area contributed by atoms with E-state index < -0.39 is 23.2 Å². The average Bonchev–Trinajstić information content (AvgIpc) is 3.94. The van der Waals surface area contributed by atoms with Crippen molar-refractivity contribution in [2.24, 2.45) is 5.73 Å². The van der Waals surface area contributed by atoms with E-state index in [-0.39, 0.29) is 28.2 Å². The minimum atomic E-state index is -4.55. The smallest absolute Gasteiger partial charge is 0.416 e. The molecular weight excluding hydrogens is 794 g/mol. The van der Waals surface area contributed by atoms with Crippen LogP contribution in [0.25, 0.3) is 21.1 Å². The van der Waals surface area contributed by atoms with Gasteiger partial charge in [0, 0.05) is 52.3 Å². The molecule has 0 spiro atoms. The van der Waals surface area contributed by atoms with Crippen LogP contribution in [0.15, 0.2) is 88.7 Å². The Morgan fingerprint density at radius 2 is 1.49 bits per heavy atom. The number of likely N-dealkylation sites (N-methyl/N-ethyl adjacent to an activating group) is 2. The number of thiazole rings is 2. The lowest BCUT2D eigenvalue weighted by Gasteiger charge is -2.43. The Labute approximate surface area is 343 Å². The first kappa shape index (κ1) is 43.8. The normalized spacial score (nSPS) is 20.0. The second-order valence-electron chi connectivity index (χ2n) is 14.1. The fourth-order valence-electron chi connectivity index (χ4n) is 7.44. The van der Waals surface area contributed by atoms with Gasteiger partial charge in [0.25, 0.3) is 12.4 Å². The number of nitrogens with zero attached hydrogens (tertiary/aromatic N) is 4. The lowest BCUT2D eigenvalue weighted by molar-refractivity contribution is -0.137. The second kappa shape index (κ2) is 19.4. The summed E-state index contributed by atoms with van der Waals surface area (Å²) in [4.78, 5) is 35.5. The van der Waals surface area contributed by atoms with Gasteiger partial charge in [-0.3, -0.25) is 9.59 Å². The summed E-state index contributed by atoms with van der Waals surface area (Å²) < 4.78 is 45.6. The number of methoxy groups -OCH3 is 1. The Balaban J connectivity index is 0.000000236. The fourth-order valence-corrected chi connectivity index (χ4v) is 9.36. The fraction of sp³-hybridized carbons (Fsp3) is 0.366. The van der Waals surface area contributed by atoms with E-state index in [1.807, 2.05) is 48.3 Å². The zero-order valence-corrected chi connectivity index (χ0v) is 34.7. The molecule has 2 aliphatic rings. The number of alkyl halides is 3. The van der Waals surface area contributed by atoms with Gasteiger partial charge in [-0.05, 0) is 94.5 Å². The van der Waals surface area contributed by atoms with Crippen molar-refractivity contribution in [3.05, 3.63) is 106 Å². The molecule has 2 aromatic heterocycles. The van der Waals surface area contributed by atoms with Crippen molar-refractivity contribution in [2.45, 2.75) is 47.8 Å². The van der Waals surface area contributed by atoms with Crippen LogP contribution in [-0.2, 0) is 22.0 Å². The first-order valence-electron chi connectivity index (χ1n) is 18.2. The van der Waals surface area contributed by atoms with Crippen LogP contribution >= 0.6 is 34.4 Å². The zero-order chi connectivity index (χ0) is 41.2. The summed E-state index contributed by atoms with van der Waals surface area (Å²) >= 11 is 4.29. The molecule has 2 atom stereocenters. The molecule has 0 radical (unpaired) electrons. The molecule has 0 aliphatic carbocycles. The van der Waals surface area contributed by atoms with Crippen LogP contribution < -0.4 is 15.8 Å². The molecule has 4 N–H and O–H groups in total. The van der Waals surface area contributed by atoms with Crippen LogP contribution in [0.4, 0.5) is 13.2 Å². The standard InChI is InChI=1S/C25H26F3N3O2S2.C15H19N3S.CH2O2/c1-31-10-5-8-24(15-31,17-7-4-6-16(12-17)23-29-9-11-35-23)30-22(32)21-19(33-2)13-18(25(26,27)28)14-20(21)34-3;1-18-8-3-6-15(16,11-18)13-5-2-4-12(10-13)14-17-7-9-19-14;2-1-3/h4,6-7,9,11-14H,5,8,10,15H2,1-3H3,(H,30,32);2,4-5,7,9-10H,3,6,8,11,16H2,1H3;1H,(H,2,3). The minimum absolute atomic E-state index is 0.0995. The minimum Gasteiger partial charge on any atom is -0.496 e. The van der Waals surface area contributed by atoms with Crippen molar-refractivity contribution in [2.75, 3.05) is 53.6 Å². The van der Waals surface area contributed by atoms with Gasteiger partial charge in [0.2, 0.25) is 0 Å². The largest absolute Gasteiger partial charge is 0.496 e. The summed E-state index contributed by atoms with van der Waals surface area (Å²) in [6, 6.07) is 18.4. The number of halogens is 3. The van der Waals surface area contributed by atoms with E-state index in [1.165, 1.54) is 29.6 Å². The summed E-state index contributed by atoms with van der Waals surface area (Å²) in [6.07, 6.45) is 4.47. The molecule has 57 heavy (non-hydrogen) atoms. The number of nitrogens with two attached hydrogens (primary N) is 1. The van der Waals surface area contributed by atoms with Crippen LogP contribution in [-0.4, -0.2) is 90.9 Å². The van der Waals surface area contributed by atoms with Crippen LogP contribution in [0, 0.1) is 0 Å². The van der Waals surface area contributed by atoms with Crippen molar-refractivity contribution in [3.8, 4) is 26.9 Å². The third kappa shape index (κ3) is 10.8. The van der Waals surface area contributed by atoms with Gasteiger partial charge >= 0.3 is 6.18 Å². The maximum Gasteiger partial charge on any atom is 0.416 e. The number of piperidine rings is 2. The van der Waals surface area contributed by atoms with Gasteiger partial charge in [0.05, 0.1) is 29.3 Å². The van der Waals surface area contributed by atoms with Crippen LogP contribution in [0.5, 0.6) is 5.75 Å². The van der Waals surface area contributed by atoms with Crippen LogP contribution in [0.3, 0.4) is 0 Å². The van der Waals surface area contributed by atoms with Crippen LogP contribution in [0.1, 0.15) is 52.7 Å². The number of likely N-dealkylation sites (tertiary alicyclic amines) is 2. The third-order valence-electron chi connectivity index (χ3n) is 10.0. The number of nitrogens with one attached hydrogen (secondary N) is 1. The molecule has 1 amide bonds. The van der Waals surface area contributed by atoms with E-state index in [4.69, 9.17) is 20.4 Å². The Morgan fingerprint density at radius 3 is 2.00 bits per heavy atom. The Kier molecular flexibility index (Phi) is 14.9. The number of hydrogen-bond donors (Lipinski definition) is 3. The van der Waals surface area contributed by atoms with Crippen molar-refractivity contribution >= 4 is 46.8 Å². The number of carbonyl (C=O) groups is 2. The maximum absolute atomic E-state index is 13.7. The van der Waals surface area contributed by atoms with Gasteiger partial charge < -0.3 is 30.7 Å². The molecule has 7 rings (SSSR count). The number of carboxylic acid groups (broad SMARTS) is 1. The maximum atomic E-state index is 13.7. The molecule has 4 heterocycles. The molecule has 3 aromatic carbocycles. The van der Waals surface area contributed by atoms with Gasteiger partial charge in [0.15, 0.2) is 0 Å². The predicted molar refractivity (Wildman–Crippen MR) is 222 cm³/mol. The molecule has 2 aliphatic heterocycles. The highest BCUT2D eigenvalue weighted by molar-refractivity contribution is 7.98. The van der Waals surface area contributed by atoms with E-state index in [0.717, 1.165) is 83.9 Å². The summed E-state index contributed by atoms with van der Waals surface area (Å²) in [5.74, 6) is -0.563. The number of carbonyl (C=O) groups excluding carboxylic acids is 1. The number of aromatic nitrogens is 2. The van der Waals surface area contributed by atoms with E-state index in [0.29, 0.717) is 13.0 Å². The van der Waals surface area contributed by atoms with Gasteiger partial charge in [0.1, 0.15) is 15.8 Å². The molecular formula is C41H47F3N6O4S3. The molecule has 2 saturated heterocycles. The molecule has 2 fully saturated rings. The lowest BCUT2D eigenvalue weighted by Crippen LogP contribution is -2.55. The molecule has 0 saturated carbocycles. The highest BCUT2D eigenvalue weighted by Gasteiger charge is 2.40. The van der Waals surface area contributed by atoms with Crippen molar-refractivity contribution in [1.29, 1.82) is 0 Å². The number of amides is 1. The van der Waals surface area contributed by atoms with Crippen molar-refractivity contribution in [1.82, 2.24) is 25.1 Å². The highest BCUT2D eigenvalue weighted by atomic mass is 32.2. The van der Waals surface area contributed by atoms with Crippen molar-refractivity contribution in [3.63, 3.8) is 0 Å². The van der Waals surface area contributed by atoms with Gasteiger partial charge in [-0.2, -0.15) is 13.2 Å². The number of thioether (sulfide) groups is 1. The van der Waals surface area contributed by atoms with Gasteiger partial charge in [-0.15, -0.1) is 34.4 Å². The Morgan fingerprint density at radius 1 is 0.930 bits per heavy atom. The SMILES string of the molecule is CN1CCCC(N)(c2cccc(-c3nccs3)c2)C1.COc1cc(C(F)(F)F)cc(SC)c1C(=O)NC1(c2cccc(-c3nccs3)c2)CCCN(C)C1.O=CO. The predicted octanol–water partition coefficient (Wildman–Crippen LogP) is 8.30. The summed E-state index contributed by atoms with van der Waals surface area (Å²) in [7, 11) is 5.42. The molecule has 0 bridgehead atoms. The molecule has 16 heteroatoms. The van der Waals surface area contributed by atoms with Crippen LogP contribution in [0.2, 0.25) is 0 Å². The monoisotopic (exact) mass is 840 g/mol. The number of hydrogen-bond acceptors (Lipinski definition) is 11. The number of benzene rings is 3. The van der Waals surface area contributed by atoms with E-state index in [1.54, 1.807) is 23.8 Å². The van der Waals surface area contributed by atoms with E-state index in [2.05, 4.69) is 56.4 Å². The quantitative estimate of drug-likeness (QED) is 0.104. The van der Waals surface area contributed by atoms with Gasteiger partial charge in [-0.25, -0.2) is 9.97 Å². The molecule has 304 valence electrons. The zero-order valence-electron chi connectivity index (χ0n) is 32.2. The average molecular weight is 841 g/mol. The Hall–Kier alpha value is -4.32. The summed E-state index contributed by atoms with van der Waals surface area (Å²) in [5.41, 5.74) is 9.24. The second-order valence-corrected chi connectivity index (χ2v) is 16.7. The molecule has 5 aromatic rings. The summed E-state index contributed by atoms with van der Waals surface area (Å²) in [5, 5.41) is 16.0. The lowest BCUT2D eigenvalue weighted by atomic mass is 9.81. The van der Waals surface area contributed by atoms with E-state index >= 15 is 0 Å². The molecule has 10 nitrogen and oxygen atoms in total. The van der Waals surface area contributed by atoms with Gasteiger partial charge in [-0.1, -0.05) is 36.4 Å². The third-order valence-corrected chi connectivity index (χ3v) is 12.4. The first-order chi connectivity index (χ1) is 27.3. The number of rotatable bonds is 8. The van der Waals surface area contributed by atoms with Crippen molar-refractivity contribution < 1.29 is 32.6 Å². The topological polar surface area (TPSA) is 134 Å². The number of ether oxygens (including phenoxy) is 1. The first-order valence-corrected chi connectivity index (χ1v) is 21.1. The molecule has 2 unspecified atom stereocenters. The highest BCUT2D eigenvalue weighted by Crippen LogP contribution is 2.40.